The molecule has 230 valence electrons. The normalized spacial score (nSPS) is 22.0. The second kappa shape index (κ2) is 14.3. The van der Waals surface area contributed by atoms with Gasteiger partial charge >= 0.3 is 6.09 Å². The number of hydrogen-bond acceptors (Lipinski definition) is 6. The fourth-order valence-corrected chi connectivity index (χ4v) is 7.52. The second-order valence-corrected chi connectivity index (χ2v) is 13.0. The first kappa shape index (κ1) is 30.9. The van der Waals surface area contributed by atoms with Crippen LogP contribution in [-0.4, -0.2) is 49.4 Å². The molecule has 0 bridgehead atoms. The Morgan fingerprint density at radius 2 is 1.72 bits per heavy atom. The number of nitrogens with one attached hydrogen (secondary N) is 1. The zero-order valence-corrected chi connectivity index (χ0v) is 26.2. The van der Waals surface area contributed by atoms with Gasteiger partial charge in [-0.15, -0.1) is 0 Å². The summed E-state index contributed by atoms with van der Waals surface area (Å²) < 4.78 is 10.8. The average Bonchev–Trinajstić information content (AvgIpc) is 3.53. The monoisotopic (exact) mass is 605 g/mol. The van der Waals surface area contributed by atoms with Crippen molar-refractivity contribution in [2.75, 3.05) is 32.2 Å². The van der Waals surface area contributed by atoms with E-state index < -0.39 is 6.09 Å². The van der Waals surface area contributed by atoms with Crippen molar-refractivity contribution in [1.29, 1.82) is 0 Å². The maximum Gasteiger partial charge on any atom is 0.404 e. The molecular formula is C34H43N3O5S. The molecule has 9 heteroatoms. The summed E-state index contributed by atoms with van der Waals surface area (Å²) in [5.74, 6) is 2.32. The quantitative estimate of drug-likeness (QED) is 0.248. The van der Waals surface area contributed by atoms with Gasteiger partial charge in [-0.2, -0.15) is 0 Å². The fraction of sp³-hybridized carbons (Fsp3) is 0.500. The van der Waals surface area contributed by atoms with Gasteiger partial charge in [-0.1, -0.05) is 35.6 Å². The lowest BCUT2D eigenvalue weighted by Crippen LogP contribution is -2.42. The van der Waals surface area contributed by atoms with Crippen molar-refractivity contribution in [3.63, 3.8) is 0 Å². The minimum Gasteiger partial charge on any atom is -0.496 e. The number of nitrogens with zero attached hydrogens (tertiary/aromatic N) is 2. The molecule has 2 amide bonds. The molecule has 0 atom stereocenters. The van der Waals surface area contributed by atoms with Gasteiger partial charge in [-0.25, -0.2) is 9.78 Å². The Bertz CT molecular complexity index is 1390. The molecule has 2 saturated carbocycles. The maximum atomic E-state index is 14.2. The lowest BCUT2D eigenvalue weighted by molar-refractivity contribution is -0.123. The zero-order valence-electron chi connectivity index (χ0n) is 25.4. The van der Waals surface area contributed by atoms with Crippen LogP contribution in [0.25, 0.3) is 10.4 Å². The van der Waals surface area contributed by atoms with Gasteiger partial charge in [0.2, 0.25) is 5.91 Å². The van der Waals surface area contributed by atoms with Crippen molar-refractivity contribution in [2.24, 2.45) is 17.8 Å². The Morgan fingerprint density at radius 1 is 0.977 bits per heavy atom. The minimum absolute atomic E-state index is 0.0492. The predicted octanol–water partition coefficient (Wildman–Crippen LogP) is 7.52. The number of anilines is 1. The molecule has 1 aromatic heterocycles. The van der Waals surface area contributed by atoms with Gasteiger partial charge in [0.1, 0.15) is 5.75 Å². The van der Waals surface area contributed by atoms with Gasteiger partial charge in [0, 0.05) is 30.9 Å². The smallest absolute Gasteiger partial charge is 0.404 e. The van der Waals surface area contributed by atoms with Crippen LogP contribution in [-0.2, 0) is 4.79 Å². The lowest BCUT2D eigenvalue weighted by atomic mass is 9.77. The van der Waals surface area contributed by atoms with E-state index in [1.807, 2.05) is 23.2 Å². The van der Waals surface area contributed by atoms with E-state index in [9.17, 15) is 9.59 Å². The fourth-order valence-electron chi connectivity index (χ4n) is 6.79. The highest BCUT2D eigenvalue weighted by atomic mass is 32.1. The molecule has 3 aromatic rings. The number of ether oxygens (including phenoxy) is 2. The third-order valence-electron chi connectivity index (χ3n) is 9.28. The van der Waals surface area contributed by atoms with Crippen LogP contribution in [0.15, 0.2) is 48.7 Å². The third-order valence-corrected chi connectivity index (χ3v) is 10.3. The number of benzene rings is 2. The van der Waals surface area contributed by atoms with Crippen LogP contribution in [0, 0.1) is 24.7 Å². The van der Waals surface area contributed by atoms with Crippen molar-refractivity contribution >= 4 is 29.0 Å². The van der Waals surface area contributed by atoms with Gasteiger partial charge in [0.25, 0.3) is 5.19 Å². The number of carbonyl (C=O) groups is 2. The number of rotatable bonds is 10. The molecule has 2 aliphatic rings. The minimum atomic E-state index is -0.986. The summed E-state index contributed by atoms with van der Waals surface area (Å²) in [6.07, 6.45) is 8.52. The summed E-state index contributed by atoms with van der Waals surface area (Å²) in [5.41, 5.74) is 4.51. The summed E-state index contributed by atoms with van der Waals surface area (Å²) in [7, 11) is 3.34. The summed E-state index contributed by atoms with van der Waals surface area (Å²) in [6.45, 7) is 3.27. The summed E-state index contributed by atoms with van der Waals surface area (Å²) in [4.78, 5) is 32.5. The number of carbonyl (C=O) groups excluding carboxylic acids is 1. The predicted molar refractivity (Wildman–Crippen MR) is 170 cm³/mol. The highest BCUT2D eigenvalue weighted by Gasteiger charge is 2.33. The second-order valence-electron chi connectivity index (χ2n) is 12.0. The van der Waals surface area contributed by atoms with Gasteiger partial charge < -0.3 is 24.8 Å². The number of aryl methyl sites for hydroxylation is 1. The Balaban J connectivity index is 1.30. The standard InChI is InChI=1S/C34H43N3O5S/c1-22-17-27(15-16-30(22)41-2)25-11-9-24(10-12-25)21-37(32(38)26-13-7-23(8-14-26)19-35-33(39)40)29-6-4-5-28(18-29)31-20-36-34(42-3)43-31/h4-6,15-18,20,23-26,35H,7-14,19,21H2,1-3H3,(H,39,40)/t23-,24-,25-,26-. The van der Waals surface area contributed by atoms with Gasteiger partial charge in [0.15, 0.2) is 0 Å². The number of hydrogen-bond donors (Lipinski definition) is 2. The van der Waals surface area contributed by atoms with Crippen molar-refractivity contribution in [2.45, 2.75) is 64.2 Å². The Morgan fingerprint density at radius 3 is 2.37 bits per heavy atom. The summed E-state index contributed by atoms with van der Waals surface area (Å²) in [5, 5.41) is 12.1. The van der Waals surface area contributed by atoms with Gasteiger partial charge in [-0.05, 0) is 111 Å². The molecule has 2 fully saturated rings. The number of aromatic nitrogens is 1. The van der Waals surface area contributed by atoms with E-state index in [4.69, 9.17) is 14.6 Å². The van der Waals surface area contributed by atoms with E-state index in [-0.39, 0.29) is 17.7 Å². The lowest BCUT2D eigenvalue weighted by Gasteiger charge is -2.36. The molecule has 0 radical (unpaired) electrons. The first-order chi connectivity index (χ1) is 20.8. The van der Waals surface area contributed by atoms with Crippen molar-refractivity contribution < 1.29 is 24.2 Å². The van der Waals surface area contributed by atoms with E-state index in [0.29, 0.717) is 30.1 Å². The molecular weight excluding hydrogens is 562 g/mol. The van der Waals surface area contributed by atoms with Crippen molar-refractivity contribution in [1.82, 2.24) is 10.3 Å². The number of methoxy groups -OCH3 is 2. The molecule has 0 spiro atoms. The van der Waals surface area contributed by atoms with E-state index >= 15 is 0 Å². The molecule has 2 aromatic carbocycles. The van der Waals surface area contributed by atoms with Crippen LogP contribution in [0.5, 0.6) is 10.9 Å². The number of thiazole rings is 1. The number of amides is 2. The molecule has 5 rings (SSSR count). The Labute approximate surface area is 258 Å². The largest absolute Gasteiger partial charge is 0.496 e. The first-order valence-corrected chi connectivity index (χ1v) is 16.2. The van der Waals surface area contributed by atoms with E-state index in [0.717, 1.165) is 73.2 Å². The van der Waals surface area contributed by atoms with Crippen LogP contribution >= 0.6 is 11.3 Å². The van der Waals surface area contributed by atoms with Gasteiger partial charge in [0.05, 0.1) is 19.1 Å². The SMILES string of the molecule is COc1ncc(-c2cccc(N(C[C@H]3CC[C@H](c4ccc(OC)c(C)c4)CC3)C(=O)[C@H]3CC[C@H](CNC(=O)O)CC3)c2)s1. The molecule has 0 saturated heterocycles. The zero-order chi connectivity index (χ0) is 30.3. The van der Waals surface area contributed by atoms with E-state index in [2.05, 4.69) is 47.6 Å². The van der Waals surface area contributed by atoms with Crippen molar-refractivity contribution in [3.05, 3.63) is 59.8 Å². The van der Waals surface area contributed by atoms with Crippen LogP contribution < -0.4 is 19.7 Å². The molecule has 43 heavy (non-hydrogen) atoms. The van der Waals surface area contributed by atoms with Crippen LogP contribution in [0.2, 0.25) is 0 Å². The molecule has 1 heterocycles. The van der Waals surface area contributed by atoms with E-state index in [1.165, 1.54) is 22.5 Å². The highest BCUT2D eigenvalue weighted by Crippen LogP contribution is 2.40. The Kier molecular flexibility index (Phi) is 10.2. The van der Waals surface area contributed by atoms with Gasteiger partial charge in [-0.3, -0.25) is 4.79 Å². The molecule has 0 unspecified atom stereocenters. The van der Waals surface area contributed by atoms with Crippen LogP contribution in [0.4, 0.5) is 10.5 Å². The molecule has 2 N–H and O–H groups in total. The van der Waals surface area contributed by atoms with Crippen molar-refractivity contribution in [3.8, 4) is 21.4 Å². The number of carboxylic acid groups (broad SMARTS) is 1. The van der Waals surface area contributed by atoms with E-state index in [1.54, 1.807) is 14.2 Å². The maximum absolute atomic E-state index is 14.2. The van der Waals surface area contributed by atoms with Crippen LogP contribution in [0.1, 0.15) is 68.4 Å². The molecule has 0 aliphatic heterocycles. The highest BCUT2D eigenvalue weighted by molar-refractivity contribution is 7.16. The first-order valence-electron chi connectivity index (χ1n) is 15.4. The van der Waals surface area contributed by atoms with Crippen LogP contribution in [0.3, 0.4) is 0 Å². The molecule has 2 aliphatic carbocycles. The third kappa shape index (κ3) is 7.68. The average molecular weight is 606 g/mol. The summed E-state index contributed by atoms with van der Waals surface area (Å²) in [6, 6.07) is 14.8. The molecule has 8 nitrogen and oxygen atoms in total. The Hall–Kier alpha value is -3.59. The topological polar surface area (TPSA) is 101 Å². The summed E-state index contributed by atoms with van der Waals surface area (Å²) >= 11 is 1.49.